The van der Waals surface area contributed by atoms with Crippen LogP contribution in [0.3, 0.4) is 0 Å². The third-order valence-electron chi connectivity index (χ3n) is 3.15. The number of hydrogen-bond donors (Lipinski definition) is 2. The molecular formula is C15H16N4S. The van der Waals surface area contributed by atoms with Crippen molar-refractivity contribution in [3.8, 4) is 0 Å². The number of aryl methyl sites for hydroxylation is 1. The number of thiazole rings is 1. The number of rotatable bonds is 4. The molecule has 1 aromatic carbocycles. The van der Waals surface area contributed by atoms with Gasteiger partial charge in [-0.15, -0.1) is 11.3 Å². The number of nitrogens with one attached hydrogen (secondary N) is 1. The lowest BCUT2D eigenvalue weighted by atomic mass is 10.2. The fourth-order valence-electron chi connectivity index (χ4n) is 2.15. The van der Waals surface area contributed by atoms with E-state index in [2.05, 4.69) is 15.3 Å². The van der Waals surface area contributed by atoms with Gasteiger partial charge in [0.25, 0.3) is 0 Å². The van der Waals surface area contributed by atoms with E-state index in [1.54, 1.807) is 11.3 Å². The Kier molecular flexibility index (Phi) is 3.52. The highest BCUT2D eigenvalue weighted by Crippen LogP contribution is 2.29. The fraction of sp³-hybridized carbons (Fsp3) is 0.200. The van der Waals surface area contributed by atoms with Crippen LogP contribution < -0.4 is 11.1 Å². The Morgan fingerprint density at radius 2 is 2.05 bits per heavy atom. The minimum absolute atomic E-state index is 0.774. The van der Waals surface area contributed by atoms with Crippen LogP contribution in [0.25, 0.3) is 10.2 Å². The molecule has 0 aliphatic heterocycles. The van der Waals surface area contributed by atoms with Gasteiger partial charge in [0, 0.05) is 18.9 Å². The molecule has 4 nitrogen and oxygen atoms in total. The van der Waals surface area contributed by atoms with Gasteiger partial charge in [-0.2, -0.15) is 0 Å². The number of anilines is 2. The van der Waals surface area contributed by atoms with Gasteiger partial charge in [0.1, 0.15) is 0 Å². The molecule has 0 aliphatic rings. The summed E-state index contributed by atoms with van der Waals surface area (Å²) in [4.78, 5) is 8.51. The van der Waals surface area contributed by atoms with Crippen molar-refractivity contribution in [2.45, 2.75) is 13.3 Å². The number of nitrogens with two attached hydrogens (primary N) is 1. The Labute approximate surface area is 121 Å². The number of benzene rings is 1. The van der Waals surface area contributed by atoms with E-state index in [1.807, 2.05) is 43.6 Å². The lowest BCUT2D eigenvalue weighted by Gasteiger charge is -2.09. The van der Waals surface area contributed by atoms with E-state index < -0.39 is 0 Å². The first kappa shape index (κ1) is 12.9. The summed E-state index contributed by atoms with van der Waals surface area (Å²) in [6, 6.07) is 8.07. The highest BCUT2D eigenvalue weighted by Gasteiger charge is 2.05. The summed E-state index contributed by atoms with van der Waals surface area (Å²) in [6.45, 7) is 2.85. The Bertz CT molecular complexity index is 721. The molecular weight excluding hydrogens is 268 g/mol. The third kappa shape index (κ3) is 2.72. The lowest BCUT2D eigenvalue weighted by Crippen LogP contribution is -2.06. The zero-order chi connectivity index (χ0) is 13.9. The molecule has 0 atom stereocenters. The summed E-state index contributed by atoms with van der Waals surface area (Å²) in [5, 5.41) is 4.45. The van der Waals surface area contributed by atoms with E-state index >= 15 is 0 Å². The monoisotopic (exact) mass is 284 g/mol. The topological polar surface area (TPSA) is 63.8 Å². The van der Waals surface area contributed by atoms with Crippen LogP contribution in [-0.2, 0) is 6.42 Å². The van der Waals surface area contributed by atoms with Gasteiger partial charge in [0.05, 0.1) is 26.6 Å². The Balaban J connectivity index is 1.72. The zero-order valence-electron chi connectivity index (χ0n) is 11.3. The maximum absolute atomic E-state index is 6.08. The predicted octanol–water partition coefficient (Wildman–Crippen LogP) is 3.24. The number of hydrogen-bond acceptors (Lipinski definition) is 5. The van der Waals surface area contributed by atoms with Crippen LogP contribution in [0.4, 0.5) is 11.4 Å². The fourth-order valence-corrected chi connectivity index (χ4v) is 3.01. The second-order valence-corrected chi connectivity index (χ2v) is 5.91. The van der Waals surface area contributed by atoms with Gasteiger partial charge in [-0.3, -0.25) is 4.98 Å². The normalized spacial score (nSPS) is 10.8. The lowest BCUT2D eigenvalue weighted by molar-refractivity contribution is 1.01. The quantitative estimate of drug-likeness (QED) is 0.722. The number of pyridine rings is 1. The van der Waals surface area contributed by atoms with Gasteiger partial charge in [0.15, 0.2) is 0 Å². The molecule has 0 radical (unpaired) electrons. The number of aromatic nitrogens is 2. The number of nitrogens with zero attached hydrogens (tertiary/aromatic N) is 2. The second kappa shape index (κ2) is 5.46. The van der Waals surface area contributed by atoms with Crippen molar-refractivity contribution >= 4 is 32.9 Å². The largest absolute Gasteiger partial charge is 0.397 e. The molecule has 5 heteroatoms. The summed E-state index contributed by atoms with van der Waals surface area (Å²) in [5.74, 6) is 0. The van der Waals surface area contributed by atoms with Gasteiger partial charge < -0.3 is 11.1 Å². The van der Waals surface area contributed by atoms with Crippen molar-refractivity contribution in [1.82, 2.24) is 9.97 Å². The van der Waals surface area contributed by atoms with Crippen molar-refractivity contribution in [2.75, 3.05) is 17.6 Å². The van der Waals surface area contributed by atoms with Crippen LogP contribution in [0, 0.1) is 6.92 Å². The summed E-state index contributed by atoms with van der Waals surface area (Å²) in [6.07, 6.45) is 4.57. The number of fused-ring (bicyclic) bond motifs is 1. The molecule has 20 heavy (non-hydrogen) atoms. The van der Waals surface area contributed by atoms with Crippen LogP contribution in [0.15, 0.2) is 36.7 Å². The standard InChI is InChI=1S/C15H16N4S/c1-10-19-14-9-13(12(16)8-15(14)20-10)18-7-4-11-2-5-17-6-3-11/h2-3,5-6,8-9,18H,4,7,16H2,1H3. The van der Waals surface area contributed by atoms with Crippen LogP contribution in [0.5, 0.6) is 0 Å². The Morgan fingerprint density at radius 3 is 2.85 bits per heavy atom. The van der Waals surface area contributed by atoms with Gasteiger partial charge >= 0.3 is 0 Å². The van der Waals surface area contributed by atoms with E-state index in [0.717, 1.165) is 39.6 Å². The van der Waals surface area contributed by atoms with Crippen LogP contribution in [0.2, 0.25) is 0 Å². The minimum atomic E-state index is 0.774. The highest BCUT2D eigenvalue weighted by atomic mass is 32.1. The molecule has 0 saturated carbocycles. The smallest absolute Gasteiger partial charge is 0.0907 e. The first-order chi connectivity index (χ1) is 9.72. The molecule has 0 unspecified atom stereocenters. The van der Waals surface area contributed by atoms with Gasteiger partial charge in [-0.05, 0) is 43.2 Å². The van der Waals surface area contributed by atoms with Crippen molar-refractivity contribution in [3.63, 3.8) is 0 Å². The van der Waals surface area contributed by atoms with Crippen LogP contribution in [0.1, 0.15) is 10.6 Å². The maximum atomic E-state index is 6.08. The molecule has 0 aliphatic carbocycles. The van der Waals surface area contributed by atoms with Gasteiger partial charge in [0.2, 0.25) is 0 Å². The summed E-state index contributed by atoms with van der Waals surface area (Å²) in [7, 11) is 0. The SMILES string of the molecule is Cc1nc2cc(NCCc3ccncc3)c(N)cc2s1. The molecule has 0 spiro atoms. The average Bonchev–Trinajstić information content (AvgIpc) is 2.79. The summed E-state index contributed by atoms with van der Waals surface area (Å²) < 4.78 is 1.14. The first-order valence-corrected chi connectivity index (χ1v) is 7.33. The van der Waals surface area contributed by atoms with Crippen molar-refractivity contribution < 1.29 is 0 Å². The third-order valence-corrected chi connectivity index (χ3v) is 4.08. The summed E-state index contributed by atoms with van der Waals surface area (Å²) in [5.41, 5.74) is 10.1. The molecule has 3 aromatic rings. The van der Waals surface area contributed by atoms with E-state index in [-0.39, 0.29) is 0 Å². The number of nitrogen functional groups attached to an aromatic ring is 1. The molecule has 2 heterocycles. The molecule has 0 amide bonds. The van der Waals surface area contributed by atoms with Crippen LogP contribution in [-0.4, -0.2) is 16.5 Å². The maximum Gasteiger partial charge on any atom is 0.0907 e. The predicted molar refractivity (Wildman–Crippen MR) is 85.2 cm³/mol. The van der Waals surface area contributed by atoms with E-state index in [0.29, 0.717) is 0 Å². The molecule has 0 fully saturated rings. The molecule has 3 N–H and O–H groups in total. The van der Waals surface area contributed by atoms with Crippen molar-refractivity contribution in [1.29, 1.82) is 0 Å². The van der Waals surface area contributed by atoms with Crippen molar-refractivity contribution in [2.24, 2.45) is 0 Å². The molecule has 0 saturated heterocycles. The molecule has 0 bridgehead atoms. The molecule has 2 aromatic heterocycles. The minimum Gasteiger partial charge on any atom is -0.397 e. The molecule has 3 rings (SSSR count). The summed E-state index contributed by atoms with van der Waals surface area (Å²) >= 11 is 1.67. The Hall–Kier alpha value is -2.14. The van der Waals surface area contributed by atoms with E-state index in [1.165, 1.54) is 5.56 Å². The van der Waals surface area contributed by atoms with Gasteiger partial charge in [-0.1, -0.05) is 0 Å². The highest BCUT2D eigenvalue weighted by molar-refractivity contribution is 7.18. The Morgan fingerprint density at radius 1 is 1.25 bits per heavy atom. The molecule has 102 valence electrons. The van der Waals surface area contributed by atoms with Crippen LogP contribution >= 0.6 is 11.3 Å². The van der Waals surface area contributed by atoms with E-state index in [9.17, 15) is 0 Å². The average molecular weight is 284 g/mol. The first-order valence-electron chi connectivity index (χ1n) is 6.52. The van der Waals surface area contributed by atoms with Gasteiger partial charge in [-0.25, -0.2) is 4.98 Å². The van der Waals surface area contributed by atoms with Crippen molar-refractivity contribution in [3.05, 3.63) is 47.2 Å². The second-order valence-electron chi connectivity index (χ2n) is 4.67. The zero-order valence-corrected chi connectivity index (χ0v) is 12.1. The van der Waals surface area contributed by atoms with E-state index in [4.69, 9.17) is 5.73 Å².